The summed E-state index contributed by atoms with van der Waals surface area (Å²) in [6, 6.07) is 4.75. The first-order valence-corrected chi connectivity index (χ1v) is 7.13. The Labute approximate surface area is 112 Å². The van der Waals surface area contributed by atoms with Crippen LogP contribution in [0, 0.1) is 6.92 Å². The van der Waals surface area contributed by atoms with Crippen LogP contribution < -0.4 is 4.74 Å². The minimum absolute atomic E-state index is 0.0156. The van der Waals surface area contributed by atoms with E-state index in [-0.39, 0.29) is 17.2 Å². The molecule has 0 fully saturated rings. The highest BCUT2D eigenvalue weighted by molar-refractivity contribution is 7.89. The summed E-state index contributed by atoms with van der Waals surface area (Å²) in [6.45, 7) is 2.84. The minimum atomic E-state index is -3.88. The maximum atomic E-state index is 12.4. The first kappa shape index (κ1) is 15.5. The molecule has 0 aliphatic heterocycles. The van der Waals surface area contributed by atoms with Gasteiger partial charge in [-0.2, -0.15) is 4.31 Å². The van der Waals surface area contributed by atoms with Crippen molar-refractivity contribution >= 4 is 16.0 Å². The standard InChI is InChI=1S/C12H17NO5S/c1-4-13(8-12(14)15)19(16,17)11-7-9(2)5-6-10(11)18-3/h5-7H,4,8H2,1-3H3,(H,14,15). The number of nitrogens with zero attached hydrogens (tertiary/aromatic N) is 1. The molecule has 0 saturated heterocycles. The Kier molecular flexibility index (Phi) is 4.90. The van der Waals surface area contributed by atoms with Gasteiger partial charge < -0.3 is 9.84 Å². The van der Waals surface area contributed by atoms with Crippen molar-refractivity contribution in [3.63, 3.8) is 0 Å². The lowest BCUT2D eigenvalue weighted by molar-refractivity contribution is -0.137. The maximum absolute atomic E-state index is 12.4. The van der Waals surface area contributed by atoms with Crippen LogP contribution in [0.2, 0.25) is 0 Å². The molecule has 0 heterocycles. The normalized spacial score (nSPS) is 11.6. The Balaban J connectivity index is 3.32. The van der Waals surface area contributed by atoms with Crippen molar-refractivity contribution in [3.05, 3.63) is 23.8 Å². The van der Waals surface area contributed by atoms with Crippen LogP contribution in [0.15, 0.2) is 23.1 Å². The fraction of sp³-hybridized carbons (Fsp3) is 0.417. The Morgan fingerprint density at radius 3 is 2.53 bits per heavy atom. The van der Waals surface area contributed by atoms with E-state index in [1.165, 1.54) is 13.2 Å². The number of benzene rings is 1. The Hall–Kier alpha value is -1.60. The molecule has 0 radical (unpaired) electrons. The zero-order valence-corrected chi connectivity index (χ0v) is 11.9. The Morgan fingerprint density at radius 2 is 2.05 bits per heavy atom. The maximum Gasteiger partial charge on any atom is 0.318 e. The number of rotatable bonds is 6. The van der Waals surface area contributed by atoms with Crippen molar-refractivity contribution < 1.29 is 23.1 Å². The second kappa shape index (κ2) is 6.03. The summed E-state index contributed by atoms with van der Waals surface area (Å²) in [7, 11) is -2.51. The van der Waals surface area contributed by atoms with Gasteiger partial charge >= 0.3 is 5.97 Å². The molecular weight excluding hydrogens is 270 g/mol. The number of aliphatic carboxylic acids is 1. The van der Waals surface area contributed by atoms with E-state index >= 15 is 0 Å². The third kappa shape index (κ3) is 3.45. The number of carboxylic acid groups (broad SMARTS) is 1. The monoisotopic (exact) mass is 287 g/mol. The zero-order chi connectivity index (χ0) is 14.6. The molecule has 7 heteroatoms. The highest BCUT2D eigenvalue weighted by Crippen LogP contribution is 2.27. The lowest BCUT2D eigenvalue weighted by atomic mass is 10.2. The Bertz CT molecular complexity index is 567. The molecule has 0 saturated carbocycles. The number of sulfonamides is 1. The molecule has 0 bridgehead atoms. The molecule has 0 aliphatic rings. The summed E-state index contributed by atoms with van der Waals surface area (Å²) in [4.78, 5) is 10.7. The zero-order valence-electron chi connectivity index (χ0n) is 11.1. The second-order valence-electron chi connectivity index (χ2n) is 3.98. The van der Waals surface area contributed by atoms with E-state index < -0.39 is 22.5 Å². The first-order chi connectivity index (χ1) is 8.82. The van der Waals surface area contributed by atoms with E-state index in [9.17, 15) is 13.2 Å². The predicted molar refractivity (Wildman–Crippen MR) is 69.8 cm³/mol. The van der Waals surface area contributed by atoms with Crippen molar-refractivity contribution in [2.75, 3.05) is 20.2 Å². The summed E-state index contributed by atoms with van der Waals surface area (Å²) in [6.07, 6.45) is 0. The van der Waals surface area contributed by atoms with Gasteiger partial charge in [0.25, 0.3) is 0 Å². The van der Waals surface area contributed by atoms with Crippen LogP contribution in [0.25, 0.3) is 0 Å². The van der Waals surface area contributed by atoms with Crippen LogP contribution in [0.1, 0.15) is 12.5 Å². The molecule has 0 aromatic heterocycles. The summed E-state index contributed by atoms with van der Waals surface area (Å²) in [5.74, 6) is -0.994. The summed E-state index contributed by atoms with van der Waals surface area (Å²) in [5, 5.41) is 8.77. The summed E-state index contributed by atoms with van der Waals surface area (Å²) < 4.78 is 30.8. The van der Waals surface area contributed by atoms with Crippen molar-refractivity contribution in [1.29, 1.82) is 0 Å². The molecule has 0 amide bonds. The fourth-order valence-electron chi connectivity index (χ4n) is 1.64. The van der Waals surface area contributed by atoms with E-state index in [2.05, 4.69) is 0 Å². The summed E-state index contributed by atoms with van der Waals surface area (Å²) in [5.41, 5.74) is 0.755. The van der Waals surface area contributed by atoms with E-state index in [4.69, 9.17) is 9.84 Å². The van der Waals surface area contributed by atoms with Crippen molar-refractivity contribution in [3.8, 4) is 5.75 Å². The number of hydrogen-bond donors (Lipinski definition) is 1. The molecule has 0 spiro atoms. The molecular formula is C12H17NO5S. The smallest absolute Gasteiger partial charge is 0.318 e. The molecule has 106 valence electrons. The average Bonchev–Trinajstić information content (AvgIpc) is 2.35. The van der Waals surface area contributed by atoms with Crippen molar-refractivity contribution in [2.24, 2.45) is 0 Å². The van der Waals surface area contributed by atoms with E-state index in [1.807, 2.05) is 0 Å². The molecule has 0 aliphatic carbocycles. The number of carboxylic acids is 1. The lowest BCUT2D eigenvalue weighted by Crippen LogP contribution is -2.35. The number of carbonyl (C=O) groups is 1. The molecule has 19 heavy (non-hydrogen) atoms. The van der Waals surface area contributed by atoms with Gasteiger partial charge in [-0.05, 0) is 24.6 Å². The first-order valence-electron chi connectivity index (χ1n) is 5.69. The highest BCUT2D eigenvalue weighted by atomic mass is 32.2. The van der Waals surface area contributed by atoms with Crippen LogP contribution in [0.5, 0.6) is 5.75 Å². The van der Waals surface area contributed by atoms with Gasteiger partial charge in [-0.15, -0.1) is 0 Å². The highest BCUT2D eigenvalue weighted by Gasteiger charge is 2.28. The topological polar surface area (TPSA) is 83.9 Å². The van der Waals surface area contributed by atoms with Gasteiger partial charge in [0.15, 0.2) is 0 Å². The minimum Gasteiger partial charge on any atom is -0.495 e. The molecule has 0 atom stereocenters. The molecule has 1 rings (SSSR count). The number of methoxy groups -OCH3 is 1. The Morgan fingerprint density at radius 1 is 1.42 bits per heavy atom. The third-order valence-corrected chi connectivity index (χ3v) is 4.54. The van der Waals surface area contributed by atoms with E-state index in [1.54, 1.807) is 26.0 Å². The van der Waals surface area contributed by atoms with Gasteiger partial charge in [-0.25, -0.2) is 8.42 Å². The van der Waals surface area contributed by atoms with Crippen LogP contribution in [-0.4, -0.2) is 44.0 Å². The number of likely N-dealkylation sites (N-methyl/N-ethyl adjacent to an activating group) is 1. The van der Waals surface area contributed by atoms with Gasteiger partial charge in [-0.1, -0.05) is 13.0 Å². The lowest BCUT2D eigenvalue weighted by Gasteiger charge is -2.20. The summed E-state index contributed by atoms with van der Waals surface area (Å²) >= 11 is 0. The SMILES string of the molecule is CCN(CC(=O)O)S(=O)(=O)c1cc(C)ccc1OC. The van der Waals surface area contributed by atoms with E-state index in [0.717, 1.165) is 9.87 Å². The number of aryl methyl sites for hydroxylation is 1. The van der Waals surface area contributed by atoms with Crippen LogP contribution >= 0.6 is 0 Å². The predicted octanol–water partition coefficient (Wildman–Crippen LogP) is 1.10. The van der Waals surface area contributed by atoms with Gasteiger partial charge in [0.2, 0.25) is 10.0 Å². The molecule has 0 unspecified atom stereocenters. The molecule has 1 N–H and O–H groups in total. The molecule has 1 aromatic rings. The average molecular weight is 287 g/mol. The van der Waals surface area contributed by atoms with E-state index in [0.29, 0.717) is 0 Å². The van der Waals surface area contributed by atoms with Crippen LogP contribution in [-0.2, 0) is 14.8 Å². The third-order valence-electron chi connectivity index (χ3n) is 2.60. The van der Waals surface area contributed by atoms with Gasteiger partial charge in [0.1, 0.15) is 17.2 Å². The van der Waals surface area contributed by atoms with Crippen molar-refractivity contribution in [2.45, 2.75) is 18.7 Å². The quantitative estimate of drug-likeness (QED) is 0.847. The van der Waals surface area contributed by atoms with Crippen LogP contribution in [0.4, 0.5) is 0 Å². The number of hydrogen-bond acceptors (Lipinski definition) is 4. The van der Waals surface area contributed by atoms with Gasteiger partial charge in [0, 0.05) is 6.54 Å². The van der Waals surface area contributed by atoms with Crippen LogP contribution in [0.3, 0.4) is 0 Å². The molecule has 6 nitrogen and oxygen atoms in total. The fourth-order valence-corrected chi connectivity index (χ4v) is 3.28. The second-order valence-corrected chi connectivity index (χ2v) is 5.89. The number of ether oxygens (including phenoxy) is 1. The molecule has 1 aromatic carbocycles. The largest absolute Gasteiger partial charge is 0.495 e. The van der Waals surface area contributed by atoms with Gasteiger partial charge in [0.05, 0.1) is 7.11 Å². The van der Waals surface area contributed by atoms with Crippen molar-refractivity contribution in [1.82, 2.24) is 4.31 Å². The van der Waals surface area contributed by atoms with Gasteiger partial charge in [-0.3, -0.25) is 4.79 Å².